The van der Waals surface area contributed by atoms with E-state index in [1.165, 1.54) is 17.7 Å². The molecule has 0 aliphatic heterocycles. The normalized spacial score (nSPS) is 10.5. The van der Waals surface area contributed by atoms with E-state index < -0.39 is 0 Å². The van der Waals surface area contributed by atoms with Crippen LogP contribution in [-0.2, 0) is 13.0 Å². The first-order valence-corrected chi connectivity index (χ1v) is 6.83. The van der Waals surface area contributed by atoms with Gasteiger partial charge in [0, 0.05) is 4.47 Å². The minimum absolute atomic E-state index is 0.272. The fourth-order valence-corrected chi connectivity index (χ4v) is 2.29. The Morgan fingerprint density at radius 2 is 1.79 bits per heavy atom. The Morgan fingerprint density at radius 1 is 1.05 bits per heavy atom. The molecule has 2 N–H and O–H groups in total. The van der Waals surface area contributed by atoms with E-state index in [9.17, 15) is 4.39 Å². The summed E-state index contributed by atoms with van der Waals surface area (Å²) >= 11 is 3.26. The van der Waals surface area contributed by atoms with Crippen LogP contribution in [0.1, 0.15) is 11.1 Å². The predicted molar refractivity (Wildman–Crippen MR) is 77.6 cm³/mol. The SMILES string of the molecule is NCCc1ccc(OCc2cc(F)cc(Br)c2)cc1. The van der Waals surface area contributed by atoms with Crippen molar-refractivity contribution in [3.05, 3.63) is 63.9 Å². The molecule has 0 fully saturated rings. The smallest absolute Gasteiger partial charge is 0.124 e. The van der Waals surface area contributed by atoms with E-state index in [-0.39, 0.29) is 5.82 Å². The van der Waals surface area contributed by atoms with Crippen LogP contribution < -0.4 is 10.5 Å². The van der Waals surface area contributed by atoms with Gasteiger partial charge < -0.3 is 10.5 Å². The minimum Gasteiger partial charge on any atom is -0.489 e. The molecule has 100 valence electrons. The van der Waals surface area contributed by atoms with Crippen LogP contribution in [0.25, 0.3) is 0 Å². The highest BCUT2D eigenvalue weighted by Gasteiger charge is 2.01. The maximum atomic E-state index is 13.2. The molecule has 0 saturated heterocycles. The van der Waals surface area contributed by atoms with Gasteiger partial charge in [0.1, 0.15) is 18.2 Å². The summed E-state index contributed by atoms with van der Waals surface area (Å²) in [5.74, 6) is 0.493. The van der Waals surface area contributed by atoms with Crippen LogP contribution in [0.15, 0.2) is 46.9 Å². The highest BCUT2D eigenvalue weighted by Crippen LogP contribution is 2.18. The van der Waals surface area contributed by atoms with E-state index in [0.29, 0.717) is 17.6 Å². The summed E-state index contributed by atoms with van der Waals surface area (Å²) in [6, 6.07) is 12.5. The zero-order valence-corrected chi connectivity index (χ0v) is 12.0. The Kier molecular flexibility index (Phi) is 4.93. The molecule has 2 aromatic rings. The van der Waals surface area contributed by atoms with Crippen LogP contribution in [0.5, 0.6) is 5.75 Å². The molecule has 0 saturated carbocycles. The quantitative estimate of drug-likeness (QED) is 0.911. The van der Waals surface area contributed by atoms with Crippen LogP contribution in [0, 0.1) is 5.82 Å². The lowest BCUT2D eigenvalue weighted by atomic mass is 10.1. The van der Waals surface area contributed by atoms with Gasteiger partial charge in [-0.05, 0) is 54.4 Å². The summed E-state index contributed by atoms with van der Waals surface area (Å²) in [5, 5.41) is 0. The minimum atomic E-state index is -0.272. The molecule has 0 aliphatic carbocycles. The fourth-order valence-electron chi connectivity index (χ4n) is 1.78. The number of benzene rings is 2. The summed E-state index contributed by atoms with van der Waals surface area (Å²) in [5.41, 5.74) is 7.46. The van der Waals surface area contributed by atoms with Gasteiger partial charge >= 0.3 is 0 Å². The van der Waals surface area contributed by atoms with E-state index in [0.717, 1.165) is 17.7 Å². The van der Waals surface area contributed by atoms with Gasteiger partial charge in [-0.3, -0.25) is 0 Å². The molecule has 19 heavy (non-hydrogen) atoms. The van der Waals surface area contributed by atoms with Crippen molar-refractivity contribution in [3.8, 4) is 5.75 Å². The lowest BCUT2D eigenvalue weighted by molar-refractivity contribution is 0.305. The number of rotatable bonds is 5. The van der Waals surface area contributed by atoms with Crippen LogP contribution in [-0.4, -0.2) is 6.54 Å². The molecular formula is C15H15BrFNO. The van der Waals surface area contributed by atoms with Crippen molar-refractivity contribution in [2.75, 3.05) is 6.54 Å². The van der Waals surface area contributed by atoms with Crippen molar-refractivity contribution in [1.82, 2.24) is 0 Å². The van der Waals surface area contributed by atoms with Crippen LogP contribution >= 0.6 is 15.9 Å². The lowest BCUT2D eigenvalue weighted by Crippen LogP contribution is -2.02. The van der Waals surface area contributed by atoms with E-state index >= 15 is 0 Å². The molecule has 0 aromatic heterocycles. The van der Waals surface area contributed by atoms with E-state index in [1.807, 2.05) is 30.3 Å². The van der Waals surface area contributed by atoms with Crippen LogP contribution in [0.2, 0.25) is 0 Å². The Balaban J connectivity index is 1.98. The molecule has 0 radical (unpaired) electrons. The van der Waals surface area contributed by atoms with Gasteiger partial charge in [-0.25, -0.2) is 4.39 Å². The van der Waals surface area contributed by atoms with Gasteiger partial charge in [0.05, 0.1) is 0 Å². The first-order valence-electron chi connectivity index (χ1n) is 6.04. The molecule has 0 unspecified atom stereocenters. The molecule has 2 aromatic carbocycles. The molecule has 0 atom stereocenters. The largest absolute Gasteiger partial charge is 0.489 e. The zero-order chi connectivity index (χ0) is 13.7. The summed E-state index contributed by atoms with van der Waals surface area (Å²) in [4.78, 5) is 0. The fraction of sp³-hybridized carbons (Fsp3) is 0.200. The standard InChI is InChI=1S/C15H15BrFNO/c16-13-7-12(8-14(17)9-13)10-19-15-3-1-11(2-4-15)5-6-18/h1-4,7-9H,5-6,10,18H2. The second kappa shape index (κ2) is 6.68. The third-order valence-corrected chi connectivity index (χ3v) is 3.14. The molecule has 2 nitrogen and oxygen atoms in total. The Labute approximate surface area is 120 Å². The van der Waals surface area contributed by atoms with Gasteiger partial charge in [-0.2, -0.15) is 0 Å². The third kappa shape index (κ3) is 4.33. The monoisotopic (exact) mass is 323 g/mol. The molecule has 2 rings (SSSR count). The van der Waals surface area contributed by atoms with E-state index in [2.05, 4.69) is 15.9 Å². The first-order chi connectivity index (χ1) is 9.17. The highest BCUT2D eigenvalue weighted by molar-refractivity contribution is 9.10. The van der Waals surface area contributed by atoms with Crippen molar-refractivity contribution in [1.29, 1.82) is 0 Å². The zero-order valence-electron chi connectivity index (χ0n) is 10.4. The Bertz CT molecular complexity index is 522. The molecule has 0 bridgehead atoms. The van der Waals surface area contributed by atoms with E-state index in [1.54, 1.807) is 0 Å². The number of hydrogen-bond donors (Lipinski definition) is 1. The Hall–Kier alpha value is -1.39. The molecule has 4 heteroatoms. The Morgan fingerprint density at radius 3 is 2.42 bits per heavy atom. The molecule has 0 spiro atoms. The summed E-state index contributed by atoms with van der Waals surface area (Å²) < 4.78 is 19.5. The first kappa shape index (κ1) is 14.0. The average molecular weight is 324 g/mol. The van der Waals surface area contributed by atoms with Crippen molar-refractivity contribution >= 4 is 15.9 Å². The summed E-state index contributed by atoms with van der Waals surface area (Å²) in [6.07, 6.45) is 0.858. The lowest BCUT2D eigenvalue weighted by Gasteiger charge is -2.08. The number of ether oxygens (including phenoxy) is 1. The van der Waals surface area contributed by atoms with E-state index in [4.69, 9.17) is 10.5 Å². The maximum absolute atomic E-state index is 13.2. The predicted octanol–water partition coefficient (Wildman–Crippen LogP) is 3.67. The second-order valence-corrected chi connectivity index (χ2v) is 5.16. The molecule has 0 amide bonds. The highest BCUT2D eigenvalue weighted by atomic mass is 79.9. The maximum Gasteiger partial charge on any atom is 0.124 e. The topological polar surface area (TPSA) is 35.2 Å². The van der Waals surface area contributed by atoms with Crippen LogP contribution in [0.4, 0.5) is 4.39 Å². The van der Waals surface area contributed by atoms with Crippen molar-refractivity contribution in [3.63, 3.8) is 0 Å². The van der Waals surface area contributed by atoms with Gasteiger partial charge in [-0.1, -0.05) is 28.1 Å². The molecular weight excluding hydrogens is 309 g/mol. The summed E-state index contributed by atoms with van der Waals surface area (Å²) in [7, 11) is 0. The van der Waals surface area contributed by atoms with Crippen molar-refractivity contribution in [2.24, 2.45) is 5.73 Å². The van der Waals surface area contributed by atoms with Crippen molar-refractivity contribution < 1.29 is 9.13 Å². The van der Waals surface area contributed by atoms with Crippen LogP contribution in [0.3, 0.4) is 0 Å². The van der Waals surface area contributed by atoms with Gasteiger partial charge in [0.15, 0.2) is 0 Å². The number of hydrogen-bond acceptors (Lipinski definition) is 2. The average Bonchev–Trinajstić information content (AvgIpc) is 2.37. The molecule has 0 aliphatic rings. The van der Waals surface area contributed by atoms with Gasteiger partial charge in [0.2, 0.25) is 0 Å². The van der Waals surface area contributed by atoms with Crippen molar-refractivity contribution in [2.45, 2.75) is 13.0 Å². The number of nitrogens with two attached hydrogens (primary N) is 1. The molecule has 0 heterocycles. The third-order valence-electron chi connectivity index (χ3n) is 2.68. The second-order valence-electron chi connectivity index (χ2n) is 4.25. The number of halogens is 2. The summed E-state index contributed by atoms with van der Waals surface area (Å²) in [6.45, 7) is 0.976. The van der Waals surface area contributed by atoms with Gasteiger partial charge in [-0.15, -0.1) is 0 Å². The van der Waals surface area contributed by atoms with Gasteiger partial charge in [0.25, 0.3) is 0 Å².